The zero-order valence-electron chi connectivity index (χ0n) is 11.5. The molecule has 0 saturated carbocycles. The molecule has 2 amide bonds. The minimum atomic E-state index is -0.114. The third-order valence-corrected chi connectivity index (χ3v) is 4.35. The van der Waals surface area contributed by atoms with Crippen LogP contribution in [0.2, 0.25) is 5.02 Å². The van der Waals surface area contributed by atoms with E-state index in [4.69, 9.17) is 16.3 Å². The smallest absolute Gasteiger partial charge is 0.246 e. The van der Waals surface area contributed by atoms with Crippen LogP contribution in [0.15, 0.2) is 24.3 Å². The van der Waals surface area contributed by atoms with Gasteiger partial charge in [-0.15, -0.1) is 0 Å². The molecule has 5 nitrogen and oxygen atoms in total. The maximum Gasteiger partial charge on any atom is 0.246 e. The van der Waals surface area contributed by atoms with Crippen molar-refractivity contribution in [1.29, 1.82) is 0 Å². The molecule has 1 aromatic carbocycles. The van der Waals surface area contributed by atoms with E-state index in [1.807, 2.05) is 18.2 Å². The van der Waals surface area contributed by atoms with Crippen LogP contribution in [0, 0.1) is 0 Å². The summed E-state index contributed by atoms with van der Waals surface area (Å²) in [5, 5.41) is 3.50. The van der Waals surface area contributed by atoms with Crippen LogP contribution >= 0.6 is 11.6 Å². The Morgan fingerprint density at radius 1 is 1.43 bits per heavy atom. The average molecular weight is 309 g/mol. The average Bonchev–Trinajstić information content (AvgIpc) is 2.48. The van der Waals surface area contributed by atoms with Gasteiger partial charge in [0.1, 0.15) is 6.61 Å². The number of hydrogen-bond acceptors (Lipinski definition) is 3. The Morgan fingerprint density at radius 2 is 2.24 bits per heavy atom. The summed E-state index contributed by atoms with van der Waals surface area (Å²) in [6.07, 6.45) is 1.05. The highest BCUT2D eigenvalue weighted by Crippen LogP contribution is 2.20. The van der Waals surface area contributed by atoms with Crippen molar-refractivity contribution >= 4 is 23.4 Å². The van der Waals surface area contributed by atoms with Crippen LogP contribution in [-0.2, 0) is 20.7 Å². The molecule has 2 aliphatic rings. The largest absolute Gasteiger partial charge is 0.366 e. The lowest BCUT2D eigenvalue weighted by Gasteiger charge is -2.41. The molecule has 1 N–H and O–H groups in total. The predicted octanol–water partition coefficient (Wildman–Crippen LogP) is 0.998. The summed E-state index contributed by atoms with van der Waals surface area (Å²) < 4.78 is 5.49. The predicted molar refractivity (Wildman–Crippen MR) is 78.0 cm³/mol. The highest BCUT2D eigenvalue weighted by Gasteiger charge is 2.36. The van der Waals surface area contributed by atoms with Crippen molar-refractivity contribution < 1.29 is 14.3 Å². The molecule has 112 valence electrons. The van der Waals surface area contributed by atoms with Gasteiger partial charge in [-0.05, 0) is 18.1 Å². The van der Waals surface area contributed by atoms with Crippen LogP contribution in [0.3, 0.4) is 0 Å². The number of benzene rings is 1. The van der Waals surface area contributed by atoms with E-state index in [2.05, 4.69) is 5.32 Å². The molecule has 21 heavy (non-hydrogen) atoms. The molecule has 2 heterocycles. The van der Waals surface area contributed by atoms with Gasteiger partial charge in [0.25, 0.3) is 0 Å². The molecular weight excluding hydrogens is 292 g/mol. The van der Waals surface area contributed by atoms with Crippen LogP contribution < -0.4 is 5.32 Å². The molecule has 3 rings (SSSR count). The van der Waals surface area contributed by atoms with Gasteiger partial charge in [0, 0.05) is 18.1 Å². The molecule has 0 spiro atoms. The van der Waals surface area contributed by atoms with Crippen LogP contribution in [0.25, 0.3) is 0 Å². The quantitative estimate of drug-likeness (QED) is 0.887. The van der Waals surface area contributed by atoms with Crippen molar-refractivity contribution in [3.8, 4) is 0 Å². The van der Waals surface area contributed by atoms with Gasteiger partial charge < -0.3 is 15.0 Å². The fourth-order valence-corrected chi connectivity index (χ4v) is 3.05. The first-order valence-electron chi connectivity index (χ1n) is 7.05. The van der Waals surface area contributed by atoms with E-state index in [0.29, 0.717) is 18.1 Å². The highest BCUT2D eigenvalue weighted by molar-refractivity contribution is 6.31. The number of rotatable bonds is 2. The lowest BCUT2D eigenvalue weighted by atomic mass is 9.99. The van der Waals surface area contributed by atoms with Gasteiger partial charge in [-0.25, -0.2) is 0 Å². The summed E-state index contributed by atoms with van der Waals surface area (Å²) >= 11 is 6.09. The van der Waals surface area contributed by atoms with E-state index in [-0.39, 0.29) is 37.0 Å². The van der Waals surface area contributed by atoms with Crippen molar-refractivity contribution in [2.75, 3.05) is 19.7 Å². The molecule has 2 fully saturated rings. The Balaban J connectivity index is 1.63. The minimum Gasteiger partial charge on any atom is -0.366 e. The van der Waals surface area contributed by atoms with E-state index in [0.717, 1.165) is 12.0 Å². The van der Waals surface area contributed by atoms with Gasteiger partial charge in [0.15, 0.2) is 0 Å². The Kier molecular flexibility index (Phi) is 4.12. The molecule has 0 radical (unpaired) electrons. The molecule has 2 saturated heterocycles. The van der Waals surface area contributed by atoms with E-state index in [1.54, 1.807) is 11.0 Å². The van der Waals surface area contributed by atoms with Gasteiger partial charge in [-0.3, -0.25) is 9.59 Å². The summed E-state index contributed by atoms with van der Waals surface area (Å²) in [4.78, 5) is 25.5. The number of hydrogen-bond donors (Lipinski definition) is 1. The fourth-order valence-electron chi connectivity index (χ4n) is 2.84. The zero-order valence-corrected chi connectivity index (χ0v) is 12.3. The van der Waals surface area contributed by atoms with Gasteiger partial charge in [-0.1, -0.05) is 29.8 Å². The first-order valence-corrected chi connectivity index (χ1v) is 7.43. The number of amides is 2. The molecule has 0 bridgehead atoms. The normalized spacial score (nSPS) is 25.2. The van der Waals surface area contributed by atoms with Gasteiger partial charge in [0.05, 0.1) is 18.6 Å². The third-order valence-electron chi connectivity index (χ3n) is 3.98. The van der Waals surface area contributed by atoms with Crippen LogP contribution in [0.1, 0.15) is 12.0 Å². The summed E-state index contributed by atoms with van der Waals surface area (Å²) in [5.74, 6) is -0.0852. The topological polar surface area (TPSA) is 58.6 Å². The Hall–Kier alpha value is -1.59. The number of morpholine rings is 1. The number of carbonyl (C=O) groups excluding carboxylic acids is 2. The molecule has 2 aliphatic heterocycles. The highest BCUT2D eigenvalue weighted by atomic mass is 35.5. The second kappa shape index (κ2) is 6.03. The maximum atomic E-state index is 12.4. The number of fused-ring (bicyclic) bond motifs is 1. The molecule has 1 aromatic rings. The number of ether oxygens (including phenoxy) is 1. The zero-order chi connectivity index (χ0) is 14.8. The summed E-state index contributed by atoms with van der Waals surface area (Å²) in [7, 11) is 0. The second-order valence-corrected chi connectivity index (χ2v) is 5.83. The van der Waals surface area contributed by atoms with Gasteiger partial charge >= 0.3 is 0 Å². The number of likely N-dealkylation sites (tertiary alicyclic amines) is 1. The molecule has 6 heteroatoms. The lowest BCUT2D eigenvalue weighted by Crippen LogP contribution is -2.61. The number of piperidine rings is 1. The monoisotopic (exact) mass is 308 g/mol. The van der Waals surface area contributed by atoms with Gasteiger partial charge in [0.2, 0.25) is 11.8 Å². The molecule has 2 atom stereocenters. The Labute approximate surface area is 128 Å². The molecule has 0 aliphatic carbocycles. The van der Waals surface area contributed by atoms with E-state index in [1.165, 1.54) is 0 Å². The molecular formula is C15H17ClN2O3. The van der Waals surface area contributed by atoms with Crippen LogP contribution in [-0.4, -0.2) is 48.6 Å². The first kappa shape index (κ1) is 14.4. The van der Waals surface area contributed by atoms with Crippen molar-refractivity contribution in [2.45, 2.75) is 25.0 Å². The van der Waals surface area contributed by atoms with Gasteiger partial charge in [-0.2, -0.15) is 0 Å². The van der Waals surface area contributed by atoms with Crippen LogP contribution in [0.4, 0.5) is 0 Å². The first-order chi connectivity index (χ1) is 10.1. The molecule has 0 unspecified atom stereocenters. The van der Waals surface area contributed by atoms with Crippen LogP contribution in [0.5, 0.6) is 0 Å². The Bertz CT molecular complexity index is 564. The Morgan fingerprint density at radius 3 is 3.05 bits per heavy atom. The van der Waals surface area contributed by atoms with E-state index >= 15 is 0 Å². The minimum absolute atomic E-state index is 0.0204. The summed E-state index contributed by atoms with van der Waals surface area (Å²) in [6.45, 7) is 1.27. The summed E-state index contributed by atoms with van der Waals surface area (Å²) in [6, 6.07) is 7.26. The SMILES string of the molecule is O=C1CO[C@@H]2CCN(C(=O)Cc3ccccc3Cl)C[C@H]2N1. The van der Waals surface area contributed by atoms with Crippen molar-refractivity contribution in [1.82, 2.24) is 10.2 Å². The van der Waals surface area contributed by atoms with E-state index in [9.17, 15) is 9.59 Å². The summed E-state index contributed by atoms with van der Waals surface area (Å²) in [5.41, 5.74) is 0.829. The third kappa shape index (κ3) is 3.19. The second-order valence-electron chi connectivity index (χ2n) is 5.42. The number of nitrogens with one attached hydrogen (secondary N) is 1. The molecule has 0 aromatic heterocycles. The van der Waals surface area contributed by atoms with Crippen molar-refractivity contribution in [3.05, 3.63) is 34.9 Å². The maximum absolute atomic E-state index is 12.4. The fraction of sp³-hybridized carbons (Fsp3) is 0.467. The van der Waals surface area contributed by atoms with Crippen molar-refractivity contribution in [2.24, 2.45) is 0 Å². The van der Waals surface area contributed by atoms with E-state index < -0.39 is 0 Å². The number of carbonyl (C=O) groups is 2. The van der Waals surface area contributed by atoms with Crippen molar-refractivity contribution in [3.63, 3.8) is 0 Å². The lowest BCUT2D eigenvalue weighted by molar-refractivity contribution is -0.146. The number of halogens is 1. The standard InChI is InChI=1S/C15H17ClN2O3/c16-11-4-2-1-3-10(11)7-15(20)18-6-5-13-12(8-18)17-14(19)9-21-13/h1-4,12-13H,5-9H2,(H,17,19)/t12-,13-/m1/s1. The number of nitrogens with zero attached hydrogens (tertiary/aromatic N) is 1.